The molecule has 3 aliphatic rings. The van der Waals surface area contributed by atoms with Gasteiger partial charge in [-0.25, -0.2) is 4.39 Å². The van der Waals surface area contributed by atoms with E-state index in [0.717, 1.165) is 45.4 Å². The number of rotatable bonds is 1. The zero-order valence-corrected chi connectivity index (χ0v) is 11.7. The minimum absolute atomic E-state index is 0.164. The quantitative estimate of drug-likeness (QED) is 0.830. The van der Waals surface area contributed by atoms with Crippen LogP contribution in [0.15, 0.2) is 24.3 Å². The Kier molecular flexibility index (Phi) is 4.14. The summed E-state index contributed by atoms with van der Waals surface area (Å²) in [6, 6.07) is 6.95. The molecule has 0 radical (unpaired) electrons. The standard InChI is InChI=1S/C14H17FO.C2H4O2/c15-12-3-1-11(2-4-12)13-5-8-14(16,9-6-13)10-7-13;1-2(3)4/h1-4,16H,5-10H2;1H3,(H,3,4). The predicted molar refractivity (Wildman–Crippen MR) is 74.0 cm³/mol. The van der Waals surface area contributed by atoms with E-state index in [1.807, 2.05) is 12.1 Å². The summed E-state index contributed by atoms with van der Waals surface area (Å²) in [4.78, 5) is 9.00. The van der Waals surface area contributed by atoms with Crippen LogP contribution in [0.4, 0.5) is 4.39 Å². The van der Waals surface area contributed by atoms with E-state index in [-0.39, 0.29) is 16.8 Å². The van der Waals surface area contributed by atoms with Crippen LogP contribution in [0.5, 0.6) is 0 Å². The van der Waals surface area contributed by atoms with Crippen LogP contribution in [-0.2, 0) is 10.2 Å². The third-order valence-corrected chi connectivity index (χ3v) is 4.66. The van der Waals surface area contributed by atoms with E-state index in [2.05, 4.69) is 0 Å². The lowest BCUT2D eigenvalue weighted by molar-refractivity contribution is -0.134. The van der Waals surface area contributed by atoms with Crippen LogP contribution in [0.2, 0.25) is 0 Å². The van der Waals surface area contributed by atoms with Gasteiger partial charge in [0, 0.05) is 6.92 Å². The highest BCUT2D eigenvalue weighted by atomic mass is 19.1. The lowest BCUT2D eigenvalue weighted by Gasteiger charge is -2.51. The number of carbonyl (C=O) groups is 1. The molecule has 0 saturated heterocycles. The number of benzene rings is 1. The van der Waals surface area contributed by atoms with E-state index >= 15 is 0 Å². The van der Waals surface area contributed by atoms with Crippen LogP contribution in [0.25, 0.3) is 0 Å². The summed E-state index contributed by atoms with van der Waals surface area (Å²) < 4.78 is 12.9. The molecule has 3 saturated carbocycles. The van der Waals surface area contributed by atoms with Gasteiger partial charge in [-0.3, -0.25) is 4.79 Å². The predicted octanol–water partition coefficient (Wildman–Crippen LogP) is 3.25. The molecule has 0 atom stereocenters. The van der Waals surface area contributed by atoms with E-state index in [0.29, 0.717) is 0 Å². The van der Waals surface area contributed by atoms with Crippen molar-refractivity contribution in [1.82, 2.24) is 0 Å². The lowest BCUT2D eigenvalue weighted by Crippen LogP contribution is -2.48. The highest BCUT2D eigenvalue weighted by Crippen LogP contribution is 2.53. The summed E-state index contributed by atoms with van der Waals surface area (Å²) in [5.74, 6) is -0.997. The first kappa shape index (κ1) is 15.0. The van der Waals surface area contributed by atoms with Gasteiger partial charge in [0.2, 0.25) is 0 Å². The van der Waals surface area contributed by atoms with Crippen molar-refractivity contribution in [2.24, 2.45) is 0 Å². The third-order valence-electron chi connectivity index (χ3n) is 4.66. The van der Waals surface area contributed by atoms with Gasteiger partial charge in [-0.15, -0.1) is 0 Å². The second-order valence-electron chi connectivity index (χ2n) is 6.03. The number of carboxylic acids is 1. The zero-order valence-electron chi connectivity index (χ0n) is 11.7. The molecule has 110 valence electrons. The van der Waals surface area contributed by atoms with Crippen molar-refractivity contribution in [3.63, 3.8) is 0 Å². The fraction of sp³-hybridized carbons (Fsp3) is 0.562. The molecule has 3 nitrogen and oxygen atoms in total. The van der Waals surface area contributed by atoms with Crippen molar-refractivity contribution in [2.45, 2.75) is 56.5 Å². The fourth-order valence-corrected chi connectivity index (χ4v) is 3.40. The molecule has 20 heavy (non-hydrogen) atoms. The number of aliphatic hydroxyl groups is 1. The second kappa shape index (κ2) is 5.52. The maximum Gasteiger partial charge on any atom is 0.300 e. The van der Waals surface area contributed by atoms with Gasteiger partial charge in [0.15, 0.2) is 0 Å². The average Bonchev–Trinajstić information content (AvgIpc) is 2.40. The van der Waals surface area contributed by atoms with Crippen LogP contribution in [-0.4, -0.2) is 21.8 Å². The Labute approximate surface area is 118 Å². The Morgan fingerprint density at radius 2 is 1.45 bits per heavy atom. The maximum atomic E-state index is 12.9. The van der Waals surface area contributed by atoms with Crippen LogP contribution in [0.3, 0.4) is 0 Å². The summed E-state index contributed by atoms with van der Waals surface area (Å²) in [5.41, 5.74) is 1.09. The molecule has 3 aliphatic carbocycles. The van der Waals surface area contributed by atoms with E-state index in [1.165, 1.54) is 5.56 Å². The molecule has 3 fully saturated rings. The minimum Gasteiger partial charge on any atom is -0.481 e. The second-order valence-corrected chi connectivity index (χ2v) is 6.03. The summed E-state index contributed by atoms with van der Waals surface area (Å²) in [6.07, 6.45) is 5.87. The van der Waals surface area contributed by atoms with Gasteiger partial charge >= 0.3 is 0 Å². The molecule has 0 aliphatic heterocycles. The number of hydrogen-bond donors (Lipinski definition) is 2. The summed E-state index contributed by atoms with van der Waals surface area (Å²) >= 11 is 0. The summed E-state index contributed by atoms with van der Waals surface area (Å²) in [7, 11) is 0. The van der Waals surface area contributed by atoms with Gasteiger partial charge in [-0.05, 0) is 61.6 Å². The molecule has 2 bridgehead atoms. The fourth-order valence-electron chi connectivity index (χ4n) is 3.40. The highest BCUT2D eigenvalue weighted by molar-refractivity contribution is 5.62. The van der Waals surface area contributed by atoms with Crippen LogP contribution in [0, 0.1) is 5.82 Å². The highest BCUT2D eigenvalue weighted by Gasteiger charge is 2.48. The number of hydrogen-bond acceptors (Lipinski definition) is 2. The van der Waals surface area contributed by atoms with Crippen molar-refractivity contribution >= 4 is 5.97 Å². The van der Waals surface area contributed by atoms with Gasteiger partial charge in [0.1, 0.15) is 5.82 Å². The largest absolute Gasteiger partial charge is 0.481 e. The first-order chi connectivity index (χ1) is 9.35. The van der Waals surface area contributed by atoms with Crippen molar-refractivity contribution in [3.8, 4) is 0 Å². The molecule has 4 rings (SSSR count). The zero-order chi connectivity index (χ0) is 14.8. The average molecular weight is 280 g/mol. The van der Waals surface area contributed by atoms with Gasteiger partial charge in [-0.2, -0.15) is 0 Å². The third kappa shape index (κ3) is 3.18. The van der Waals surface area contributed by atoms with Gasteiger partial charge < -0.3 is 10.2 Å². The van der Waals surface area contributed by atoms with Gasteiger partial charge in [-0.1, -0.05) is 12.1 Å². The molecule has 0 unspecified atom stereocenters. The van der Waals surface area contributed by atoms with Gasteiger partial charge in [0.25, 0.3) is 5.97 Å². The Morgan fingerprint density at radius 3 is 1.85 bits per heavy atom. The molecular weight excluding hydrogens is 259 g/mol. The van der Waals surface area contributed by atoms with E-state index in [9.17, 15) is 9.50 Å². The molecule has 1 aromatic carbocycles. The van der Waals surface area contributed by atoms with Crippen molar-refractivity contribution in [3.05, 3.63) is 35.6 Å². The minimum atomic E-state index is -0.833. The molecule has 1 aromatic rings. The van der Waals surface area contributed by atoms with Crippen LogP contribution in [0.1, 0.15) is 51.0 Å². The molecule has 0 amide bonds. The molecule has 0 spiro atoms. The SMILES string of the molecule is CC(=O)O.OC12CCC(c3ccc(F)cc3)(CC1)CC2. The van der Waals surface area contributed by atoms with Crippen LogP contribution >= 0.6 is 0 Å². The van der Waals surface area contributed by atoms with Crippen molar-refractivity contribution in [2.75, 3.05) is 0 Å². The Balaban J connectivity index is 0.000000328. The van der Waals surface area contributed by atoms with E-state index in [4.69, 9.17) is 9.90 Å². The van der Waals surface area contributed by atoms with Gasteiger partial charge in [0.05, 0.1) is 5.60 Å². The number of fused-ring (bicyclic) bond motifs is 3. The molecule has 0 aromatic heterocycles. The molecule has 0 heterocycles. The van der Waals surface area contributed by atoms with E-state index < -0.39 is 5.97 Å². The van der Waals surface area contributed by atoms with Crippen molar-refractivity contribution in [1.29, 1.82) is 0 Å². The Bertz CT molecular complexity index is 452. The number of aliphatic carboxylic acids is 1. The van der Waals surface area contributed by atoms with E-state index in [1.54, 1.807) is 12.1 Å². The molecule has 4 heteroatoms. The Hall–Kier alpha value is -1.42. The molecular formula is C16H21FO3. The smallest absolute Gasteiger partial charge is 0.300 e. The van der Waals surface area contributed by atoms with Crippen LogP contribution < -0.4 is 0 Å². The summed E-state index contributed by atoms with van der Waals surface area (Å²) in [6.45, 7) is 1.08. The monoisotopic (exact) mass is 280 g/mol. The topological polar surface area (TPSA) is 57.5 Å². The summed E-state index contributed by atoms with van der Waals surface area (Å²) in [5, 5.41) is 17.6. The van der Waals surface area contributed by atoms with Crippen molar-refractivity contribution < 1.29 is 19.4 Å². The maximum absolute atomic E-state index is 12.9. The lowest BCUT2D eigenvalue weighted by atomic mass is 9.56. The number of carboxylic acid groups (broad SMARTS) is 1. The molecule has 2 N–H and O–H groups in total. The Morgan fingerprint density at radius 1 is 1.05 bits per heavy atom. The normalized spacial score (nSPS) is 31.4. The number of halogens is 1. The first-order valence-corrected chi connectivity index (χ1v) is 7.03. The first-order valence-electron chi connectivity index (χ1n) is 7.03.